The third-order valence-electron chi connectivity index (χ3n) is 11.0. The lowest BCUT2D eigenvalue weighted by atomic mass is 10.1. The van der Waals surface area contributed by atoms with Crippen molar-refractivity contribution in [1.82, 2.24) is 0 Å². The molecular formula is C43H33N7O24S7. The van der Waals surface area contributed by atoms with Gasteiger partial charge in [0, 0.05) is 38.5 Å². The first-order valence-electron chi connectivity index (χ1n) is 21.1. The Balaban J connectivity index is 0.000000234. The summed E-state index contributed by atoms with van der Waals surface area (Å²) in [6.45, 7) is 0. The summed E-state index contributed by atoms with van der Waals surface area (Å²) in [5, 5.41) is 36.1. The largest absolute Gasteiger partial charge is 0.505 e. The molecule has 81 heavy (non-hydrogen) atoms. The number of phenolic OH excluding ortho intramolecular Hbond substituents is 2. The molecule has 0 heterocycles. The van der Waals surface area contributed by atoms with E-state index in [2.05, 4.69) is 25.8 Å². The average molecular weight is 1260 g/mol. The van der Waals surface area contributed by atoms with Crippen molar-refractivity contribution in [3.8, 4) is 11.5 Å². The van der Waals surface area contributed by atoms with Gasteiger partial charge in [-0.1, -0.05) is 36.4 Å². The van der Waals surface area contributed by atoms with Crippen LogP contribution in [-0.2, 0) is 70.8 Å². The van der Waals surface area contributed by atoms with Crippen LogP contribution in [0.2, 0.25) is 0 Å². The molecule has 0 radical (unpaired) electrons. The van der Waals surface area contributed by atoms with Crippen molar-refractivity contribution in [2.75, 3.05) is 16.8 Å². The fraction of sp³-hybridized carbons (Fsp3) is 0. The number of carbonyl (C=O) groups excluding carboxylic acids is 1. The van der Waals surface area contributed by atoms with Gasteiger partial charge < -0.3 is 27.0 Å². The van der Waals surface area contributed by atoms with Crippen LogP contribution in [0.1, 0.15) is 10.4 Å². The maximum Gasteiger partial charge on any atom is 0.297 e. The van der Waals surface area contributed by atoms with Gasteiger partial charge in [0.05, 0.1) is 15.5 Å². The number of amides is 1. The van der Waals surface area contributed by atoms with Gasteiger partial charge >= 0.3 is 0 Å². The first-order chi connectivity index (χ1) is 37.2. The number of carbonyl (C=O) groups is 1. The van der Waals surface area contributed by atoms with E-state index >= 15 is 0 Å². The molecule has 0 atom stereocenters. The van der Waals surface area contributed by atoms with E-state index in [1.165, 1.54) is 42.5 Å². The molecular weight excluding hydrogens is 1220 g/mol. The molecule has 0 aliphatic carbocycles. The van der Waals surface area contributed by atoms with Gasteiger partial charge in [0.25, 0.3) is 76.7 Å². The number of fused-ring (bicyclic) bond motifs is 3. The van der Waals surface area contributed by atoms with E-state index in [1.807, 2.05) is 0 Å². The highest BCUT2D eigenvalue weighted by atomic mass is 32.2. The summed E-state index contributed by atoms with van der Waals surface area (Å²) in [7, 11) is -35.6. The van der Waals surface area contributed by atoms with Crippen LogP contribution in [0.15, 0.2) is 170 Å². The van der Waals surface area contributed by atoms with Crippen molar-refractivity contribution in [3.05, 3.63) is 121 Å². The Kier molecular flexibility index (Phi) is 15.9. The van der Waals surface area contributed by atoms with E-state index in [-0.39, 0.29) is 27.7 Å². The number of phenols is 2. The summed E-state index contributed by atoms with van der Waals surface area (Å²) >= 11 is 0. The Bertz CT molecular complexity index is 4950. The van der Waals surface area contributed by atoms with Gasteiger partial charge in [0.15, 0.2) is 11.5 Å². The number of benzene rings is 8. The molecule has 8 rings (SSSR count). The standard InChI is InChI=1S/C23H18N4O11S3.C20H15N3O13S4/c24-14-5-3-4-12(8-14)23(29)25-17-11-15(39(30,31)32)9-13-10-19(41(36,37)38)21(22(28)20(13)17)27-26-16-6-1-2-7-18(16)40(33,34)35;21-13-7-10(37(25,26)27)6-9-4-5-14(19(24)17(9)13)22-23-18-16(39(31,32)33)8-12-11(20(18)40(34,35)36)2-1-3-15(12)38(28,29)30/h1-11,28H,24H2,(H,25,29)(H,30,31,32)(H,33,34,35)(H,36,37,38);1-8,24H,21H2,(H,25,26,27)(H,28,29,30)(H,31,32,33)(H,34,35,36). The monoisotopic (exact) mass is 1250 g/mol. The molecule has 0 aliphatic heterocycles. The molecule has 0 saturated heterocycles. The predicted octanol–water partition coefficient (Wildman–Crippen LogP) is 6.22. The zero-order chi connectivity index (χ0) is 60.3. The Hall–Kier alpha value is -8.22. The van der Waals surface area contributed by atoms with Gasteiger partial charge in [0.1, 0.15) is 47.2 Å². The van der Waals surface area contributed by atoms with E-state index < -0.39 is 172 Å². The van der Waals surface area contributed by atoms with E-state index in [4.69, 9.17) is 11.5 Å². The first kappa shape index (κ1) is 60.4. The summed E-state index contributed by atoms with van der Waals surface area (Å²) < 4.78 is 235. The molecule has 0 bridgehead atoms. The van der Waals surface area contributed by atoms with E-state index in [9.17, 15) is 106 Å². The van der Waals surface area contributed by atoms with E-state index in [1.54, 1.807) is 0 Å². The third kappa shape index (κ3) is 13.0. The Labute approximate surface area is 455 Å². The highest BCUT2D eigenvalue weighted by Crippen LogP contribution is 2.47. The molecule has 1 amide bonds. The Morgan fingerprint density at radius 1 is 0.420 bits per heavy atom. The molecule has 8 aromatic carbocycles. The predicted molar refractivity (Wildman–Crippen MR) is 282 cm³/mol. The second-order valence-corrected chi connectivity index (χ2v) is 26.1. The number of azo groups is 2. The minimum absolute atomic E-state index is 0.00442. The Morgan fingerprint density at radius 2 is 0.951 bits per heavy atom. The Morgan fingerprint density at radius 3 is 1.53 bits per heavy atom. The second kappa shape index (κ2) is 21.4. The molecule has 0 fully saturated rings. The average Bonchev–Trinajstić information content (AvgIpc) is 3.33. The van der Waals surface area contributed by atoms with Crippen LogP contribution in [0.5, 0.6) is 11.5 Å². The summed E-state index contributed by atoms with van der Waals surface area (Å²) in [4.78, 5) is 6.07. The minimum Gasteiger partial charge on any atom is -0.505 e. The second-order valence-electron chi connectivity index (χ2n) is 16.4. The lowest BCUT2D eigenvalue weighted by Crippen LogP contribution is -2.13. The van der Waals surface area contributed by atoms with Gasteiger partial charge in [-0.05, 0) is 89.6 Å². The number of rotatable bonds is 13. The van der Waals surface area contributed by atoms with Crippen LogP contribution >= 0.6 is 0 Å². The van der Waals surface area contributed by atoms with E-state index in [0.717, 1.165) is 60.7 Å². The van der Waals surface area contributed by atoms with Crippen LogP contribution in [0.4, 0.5) is 39.8 Å². The van der Waals surface area contributed by atoms with Crippen molar-refractivity contribution in [3.63, 3.8) is 0 Å². The number of anilines is 3. The zero-order valence-corrected chi connectivity index (χ0v) is 45.1. The number of hydrogen-bond acceptors (Lipinski definition) is 23. The highest BCUT2D eigenvalue weighted by molar-refractivity contribution is 7.88. The number of nitrogens with zero attached hydrogens (tertiary/aromatic N) is 4. The van der Waals surface area contributed by atoms with Gasteiger partial charge in [-0.3, -0.25) is 36.7 Å². The minimum atomic E-state index is -5.45. The van der Waals surface area contributed by atoms with Gasteiger partial charge in [-0.2, -0.15) is 58.9 Å². The van der Waals surface area contributed by atoms with Crippen molar-refractivity contribution >= 4 is 149 Å². The van der Waals surface area contributed by atoms with Crippen molar-refractivity contribution in [2.45, 2.75) is 34.3 Å². The third-order valence-corrected chi connectivity index (χ3v) is 17.1. The lowest BCUT2D eigenvalue weighted by Gasteiger charge is -2.15. The summed E-state index contributed by atoms with van der Waals surface area (Å²) in [6.07, 6.45) is 0. The first-order valence-corrected chi connectivity index (χ1v) is 31.2. The topological polar surface area (TPSA) is 552 Å². The molecule has 0 unspecified atom stereocenters. The molecule has 38 heteroatoms. The van der Waals surface area contributed by atoms with Gasteiger partial charge in [0.2, 0.25) is 0 Å². The van der Waals surface area contributed by atoms with Crippen molar-refractivity contribution in [2.24, 2.45) is 20.5 Å². The van der Waals surface area contributed by atoms with Gasteiger partial charge in [-0.25, -0.2) is 0 Å². The van der Waals surface area contributed by atoms with Crippen LogP contribution in [0, 0.1) is 0 Å². The van der Waals surface area contributed by atoms with Crippen LogP contribution in [0.3, 0.4) is 0 Å². The number of hydrogen-bond donors (Lipinski definition) is 12. The van der Waals surface area contributed by atoms with Crippen LogP contribution in [-0.4, -0.2) is 107 Å². The molecule has 0 aliphatic rings. The van der Waals surface area contributed by atoms with Crippen LogP contribution < -0.4 is 16.8 Å². The molecule has 31 nitrogen and oxygen atoms in total. The van der Waals surface area contributed by atoms with Crippen molar-refractivity contribution < 1.29 is 106 Å². The van der Waals surface area contributed by atoms with E-state index in [0.29, 0.717) is 12.1 Å². The molecule has 0 aromatic heterocycles. The maximum absolute atomic E-state index is 12.9. The van der Waals surface area contributed by atoms with Gasteiger partial charge in [-0.15, -0.1) is 20.5 Å². The van der Waals surface area contributed by atoms with Crippen LogP contribution in [0.25, 0.3) is 32.3 Å². The zero-order valence-electron chi connectivity index (χ0n) is 39.4. The summed E-state index contributed by atoms with van der Waals surface area (Å²) in [5.41, 5.74) is 7.81. The maximum atomic E-state index is 12.9. The number of aromatic hydroxyl groups is 2. The molecule has 0 spiro atoms. The summed E-state index contributed by atoms with van der Waals surface area (Å²) in [5.74, 6) is -2.65. The van der Waals surface area contributed by atoms with Crippen molar-refractivity contribution in [1.29, 1.82) is 0 Å². The molecule has 8 aromatic rings. The molecule has 426 valence electrons. The summed E-state index contributed by atoms with van der Waals surface area (Å²) in [6, 6.07) is 19.6. The quantitative estimate of drug-likeness (QED) is 0.0346. The number of nitrogens with one attached hydrogen (secondary N) is 1. The highest BCUT2D eigenvalue weighted by Gasteiger charge is 2.32. The number of nitrogens with two attached hydrogens (primary N) is 2. The normalized spacial score (nSPS) is 13.0. The molecule has 0 saturated carbocycles. The smallest absolute Gasteiger partial charge is 0.297 e. The lowest BCUT2D eigenvalue weighted by molar-refractivity contribution is 0.102. The fourth-order valence-electron chi connectivity index (χ4n) is 7.62. The SMILES string of the molecule is Nc1cc(S(=O)(=O)O)cc2ccc(N=Nc3c(S(=O)(=O)O)cc4c(S(=O)(=O)O)cccc4c3S(=O)(=O)O)c(O)c12.Nc1cccc(C(=O)Nc2cc(S(=O)(=O)O)cc3cc(S(=O)(=O)O)c(N=Nc4ccccc4S(=O)(=O)O)c(O)c23)c1. The number of nitrogen functional groups attached to an aromatic ring is 2. The molecule has 14 N–H and O–H groups in total. The fourth-order valence-corrected chi connectivity index (χ4v) is 12.3.